The third-order valence-corrected chi connectivity index (χ3v) is 6.68. The second-order valence-electron chi connectivity index (χ2n) is 9.45. The normalized spacial score (nSPS) is 16.6. The van der Waals surface area contributed by atoms with E-state index in [1.54, 1.807) is 59.3 Å². The molecule has 4 aromatic rings. The number of pyridine rings is 1. The van der Waals surface area contributed by atoms with Gasteiger partial charge in [0.25, 0.3) is 0 Å². The maximum atomic E-state index is 13.3. The number of ether oxygens (including phenoxy) is 1. The minimum absolute atomic E-state index is 0. The molecule has 5 rings (SSSR count). The average molecular weight is 562 g/mol. The number of nitrogens with zero attached hydrogens (tertiary/aromatic N) is 2. The van der Waals surface area contributed by atoms with Gasteiger partial charge in [-0.05, 0) is 43.2 Å². The Morgan fingerprint density at radius 3 is 2.62 bits per heavy atom. The van der Waals surface area contributed by atoms with Crippen LogP contribution in [0, 0.1) is 12.8 Å². The maximum Gasteiger partial charge on any atom is 0.390 e. The summed E-state index contributed by atoms with van der Waals surface area (Å²) >= 11 is 6.07. The van der Waals surface area contributed by atoms with Crippen LogP contribution in [0.15, 0.2) is 60.9 Å². The molecule has 1 aliphatic rings. The van der Waals surface area contributed by atoms with E-state index in [0.29, 0.717) is 45.5 Å². The minimum atomic E-state index is -4.31. The molecule has 206 valence electrons. The summed E-state index contributed by atoms with van der Waals surface area (Å²) < 4.78 is 59.3. The van der Waals surface area contributed by atoms with Crippen LogP contribution in [-0.2, 0) is 0 Å². The van der Waals surface area contributed by atoms with Crippen molar-refractivity contribution in [3.8, 4) is 22.8 Å². The predicted molar refractivity (Wildman–Crippen MR) is 145 cm³/mol. The first-order valence-corrected chi connectivity index (χ1v) is 12.5. The zero-order valence-corrected chi connectivity index (χ0v) is 21.1. The summed E-state index contributed by atoms with van der Waals surface area (Å²) in [7, 11) is 0. The van der Waals surface area contributed by atoms with Crippen LogP contribution in [0.5, 0.6) is 11.5 Å². The fraction of sp³-hybridized carbons (Fsp3) is 0.310. The van der Waals surface area contributed by atoms with Crippen molar-refractivity contribution in [1.82, 2.24) is 9.38 Å². The Labute approximate surface area is 228 Å². The molecule has 5 nitrogen and oxygen atoms in total. The molecular weight excluding hydrogens is 534 g/mol. The van der Waals surface area contributed by atoms with Gasteiger partial charge in [-0.15, -0.1) is 0 Å². The number of Topliss-reactive ketones (excluding diaryl/α,β-unsaturated/α-hetero) is 1. The Kier molecular flexibility index (Phi) is 8.20. The van der Waals surface area contributed by atoms with E-state index < -0.39 is 18.8 Å². The van der Waals surface area contributed by atoms with Crippen molar-refractivity contribution in [2.75, 3.05) is 11.9 Å². The molecular formula is C29H28ClF4N3O2. The second kappa shape index (κ2) is 11.3. The van der Waals surface area contributed by atoms with Gasteiger partial charge >= 0.3 is 6.18 Å². The molecule has 1 saturated carbocycles. The molecule has 1 aliphatic carbocycles. The molecule has 2 aromatic carbocycles. The molecule has 2 heterocycles. The Bertz CT molecular complexity index is 1500. The van der Waals surface area contributed by atoms with E-state index in [1.165, 1.54) is 0 Å². The zero-order chi connectivity index (χ0) is 27.0. The summed E-state index contributed by atoms with van der Waals surface area (Å²) in [5.41, 5.74) is 3.48. The van der Waals surface area contributed by atoms with E-state index in [4.69, 9.17) is 16.3 Å². The number of aryl methyl sites for hydroxylation is 1. The lowest BCUT2D eigenvalue weighted by Crippen LogP contribution is -2.15. The average Bonchev–Trinajstić information content (AvgIpc) is 3.35. The highest BCUT2D eigenvalue weighted by molar-refractivity contribution is 6.30. The number of carbonyl (C=O) groups excluding carboxylic acids is 1. The third-order valence-electron chi connectivity index (χ3n) is 6.44. The Balaban J connectivity index is 0.00000353. The topological polar surface area (TPSA) is 55.6 Å². The van der Waals surface area contributed by atoms with Gasteiger partial charge in [-0.25, -0.2) is 9.37 Å². The van der Waals surface area contributed by atoms with Gasteiger partial charge in [-0.2, -0.15) is 13.2 Å². The molecule has 39 heavy (non-hydrogen) atoms. The molecule has 0 amide bonds. The number of fused-ring (bicyclic) bond motifs is 1. The van der Waals surface area contributed by atoms with Crippen molar-refractivity contribution < 1.29 is 27.1 Å². The molecule has 0 spiro atoms. The number of benzene rings is 2. The number of anilines is 1. The van der Waals surface area contributed by atoms with Gasteiger partial charge in [0.2, 0.25) is 0 Å². The third kappa shape index (κ3) is 6.71. The molecule has 0 unspecified atom stereocenters. The predicted octanol–water partition coefficient (Wildman–Crippen LogP) is 8.69. The lowest BCUT2D eigenvalue weighted by Gasteiger charge is -2.14. The number of ketones is 1. The van der Waals surface area contributed by atoms with Crippen LogP contribution < -0.4 is 10.1 Å². The number of rotatable bonds is 9. The fourth-order valence-corrected chi connectivity index (χ4v) is 4.55. The summed E-state index contributed by atoms with van der Waals surface area (Å²) in [5.74, 6) is 0.541. The molecule has 0 saturated heterocycles. The van der Waals surface area contributed by atoms with E-state index in [0.717, 1.165) is 11.1 Å². The van der Waals surface area contributed by atoms with Crippen LogP contribution in [0.1, 0.15) is 42.6 Å². The standard InChI is InChI=1S/C28H24ClF4N3O2.CH4/c1-16-9-17(5-6-22(16)26(37)11-18-10-23(18)30)25-14-35-27-24(34-8-7-28(31,32)33)13-21(15-36(25)27)38-20-4-2-3-19(29)12-20;/h2-6,9,12-15,18,23,34H,7-8,10-11H2,1H3;1H4/t18-,23+;/m0./s1. The fourth-order valence-electron chi connectivity index (χ4n) is 4.37. The number of carbonyl (C=O) groups is 1. The van der Waals surface area contributed by atoms with Crippen LogP contribution in [0.3, 0.4) is 0 Å². The summed E-state index contributed by atoms with van der Waals surface area (Å²) in [5, 5.41) is 3.30. The van der Waals surface area contributed by atoms with Crippen LogP contribution in [0.2, 0.25) is 5.02 Å². The van der Waals surface area contributed by atoms with Gasteiger partial charge in [0.15, 0.2) is 11.4 Å². The first-order chi connectivity index (χ1) is 18.1. The number of nitrogens with one attached hydrogen (secondary N) is 1. The Morgan fingerprint density at radius 2 is 1.95 bits per heavy atom. The lowest BCUT2D eigenvalue weighted by atomic mass is 9.98. The van der Waals surface area contributed by atoms with Gasteiger partial charge in [-0.3, -0.25) is 9.20 Å². The number of aromatic nitrogens is 2. The molecule has 10 heteroatoms. The number of hydrogen-bond acceptors (Lipinski definition) is 4. The second-order valence-corrected chi connectivity index (χ2v) is 9.88. The molecule has 1 fully saturated rings. The van der Waals surface area contributed by atoms with E-state index in [-0.39, 0.29) is 32.1 Å². The van der Waals surface area contributed by atoms with Gasteiger partial charge in [-0.1, -0.05) is 37.2 Å². The highest BCUT2D eigenvalue weighted by Gasteiger charge is 2.39. The van der Waals surface area contributed by atoms with E-state index >= 15 is 0 Å². The van der Waals surface area contributed by atoms with Gasteiger partial charge in [0.05, 0.1) is 30.2 Å². The Morgan fingerprint density at radius 1 is 1.18 bits per heavy atom. The Hall–Kier alpha value is -3.59. The first-order valence-electron chi connectivity index (χ1n) is 12.1. The van der Waals surface area contributed by atoms with Crippen LogP contribution in [-0.4, -0.2) is 34.1 Å². The molecule has 2 aromatic heterocycles. The zero-order valence-electron chi connectivity index (χ0n) is 20.4. The van der Waals surface area contributed by atoms with Gasteiger partial charge in [0, 0.05) is 41.1 Å². The van der Waals surface area contributed by atoms with E-state index in [1.807, 2.05) is 13.0 Å². The highest BCUT2D eigenvalue weighted by atomic mass is 35.5. The molecule has 0 bridgehead atoms. The van der Waals surface area contributed by atoms with Crippen LogP contribution in [0.4, 0.5) is 23.2 Å². The van der Waals surface area contributed by atoms with Crippen molar-refractivity contribution >= 4 is 28.7 Å². The van der Waals surface area contributed by atoms with Crippen molar-refractivity contribution in [2.24, 2.45) is 5.92 Å². The van der Waals surface area contributed by atoms with Crippen LogP contribution in [0.25, 0.3) is 16.9 Å². The summed E-state index contributed by atoms with van der Waals surface area (Å²) in [6.45, 7) is 1.48. The number of halogens is 5. The largest absolute Gasteiger partial charge is 0.456 e. The minimum Gasteiger partial charge on any atom is -0.456 e. The summed E-state index contributed by atoms with van der Waals surface area (Å²) in [6.07, 6.45) is -2.28. The monoisotopic (exact) mass is 561 g/mol. The summed E-state index contributed by atoms with van der Waals surface area (Å²) in [6, 6.07) is 13.7. The van der Waals surface area contributed by atoms with Crippen molar-refractivity contribution in [1.29, 1.82) is 0 Å². The van der Waals surface area contributed by atoms with Crippen molar-refractivity contribution in [3.63, 3.8) is 0 Å². The first kappa shape index (κ1) is 28.4. The molecule has 1 N–H and O–H groups in total. The van der Waals surface area contributed by atoms with Gasteiger partial charge in [0.1, 0.15) is 17.7 Å². The van der Waals surface area contributed by atoms with Crippen LogP contribution >= 0.6 is 11.6 Å². The smallest absolute Gasteiger partial charge is 0.390 e. The quantitative estimate of drug-likeness (QED) is 0.164. The highest BCUT2D eigenvalue weighted by Crippen LogP contribution is 2.38. The number of alkyl halides is 4. The van der Waals surface area contributed by atoms with E-state index in [9.17, 15) is 22.4 Å². The lowest BCUT2D eigenvalue weighted by molar-refractivity contribution is -0.131. The SMILES string of the molecule is C.Cc1cc(-c2cnc3c(NCCC(F)(F)F)cc(Oc4cccc(Cl)c4)cn23)ccc1C(=O)C[C@@H]1C[C@H]1F. The van der Waals surface area contributed by atoms with Crippen molar-refractivity contribution in [2.45, 2.75) is 46.0 Å². The van der Waals surface area contributed by atoms with Gasteiger partial charge < -0.3 is 10.1 Å². The maximum absolute atomic E-state index is 13.3. The molecule has 0 aliphatic heterocycles. The number of hydrogen-bond donors (Lipinski definition) is 1. The number of imidazole rings is 1. The van der Waals surface area contributed by atoms with E-state index in [2.05, 4.69) is 10.3 Å². The summed E-state index contributed by atoms with van der Waals surface area (Å²) in [4.78, 5) is 17.1. The molecule has 0 radical (unpaired) electrons. The van der Waals surface area contributed by atoms with Crippen molar-refractivity contribution in [3.05, 3.63) is 77.1 Å². The molecule has 2 atom stereocenters.